The number of aliphatic hydroxyl groups is 3. The van der Waals surface area contributed by atoms with Gasteiger partial charge in [0.15, 0.2) is 11.4 Å². The number of phenols is 1. The Morgan fingerprint density at radius 3 is 2.38 bits per heavy atom. The number of ketones is 2. The zero-order chi connectivity index (χ0) is 28.6. The molecule has 10 nitrogen and oxygen atoms in total. The molecule has 1 amide bonds. The molecule has 3 aliphatic carbocycles. The number of fused-ring (bicyclic) bond motifs is 3. The van der Waals surface area contributed by atoms with E-state index in [4.69, 9.17) is 5.73 Å². The number of carbonyl (C=O) groups excluding carboxylic acids is 3. The minimum atomic E-state index is -2.71. The topological polar surface area (TPSA) is 165 Å². The Hall–Kier alpha value is -3.35. The van der Waals surface area contributed by atoms with Crippen LogP contribution in [0.25, 0.3) is 5.76 Å². The Morgan fingerprint density at radius 2 is 1.79 bits per heavy atom. The Kier molecular flexibility index (Phi) is 6.36. The maximum atomic E-state index is 13.9. The molecule has 210 valence electrons. The van der Waals surface area contributed by atoms with Gasteiger partial charge in [0, 0.05) is 44.0 Å². The number of rotatable bonds is 4. The predicted molar refractivity (Wildman–Crippen MR) is 134 cm³/mol. The SMILES string of the molecule is CN(C)[C@@H]1C(=O)C(C(N)=O)=C(O)[C@@]2(O)C(=O)C3=C(O)c4c(O)ccc(CN5CCC(F)(F)CC5)c4C[C@H]3C[C@@H]12. The number of aliphatic hydroxyl groups excluding tert-OH is 2. The first-order valence-electron chi connectivity index (χ1n) is 12.8. The minimum absolute atomic E-state index is 0.00821. The number of primary amides is 1. The molecule has 0 aromatic heterocycles. The van der Waals surface area contributed by atoms with Crippen LogP contribution in [0.4, 0.5) is 8.78 Å². The molecule has 0 unspecified atom stereocenters. The fourth-order valence-corrected chi connectivity index (χ4v) is 6.74. The van der Waals surface area contributed by atoms with Gasteiger partial charge in [-0.25, -0.2) is 8.78 Å². The standard InChI is InChI=1S/C27H31F2N3O7/c1-31(2)20-15-10-13-9-14-12(11-32-7-5-26(28,29)6-8-32)3-4-16(33)18(14)21(34)17(13)23(36)27(15,39)24(37)19(22(20)35)25(30)38/h3-4,13,15,20,33-34,37,39H,5-11H2,1-2H3,(H2,30,38)/t13-,15-,20-,27-/m0/s1. The van der Waals surface area contributed by atoms with Crippen LogP contribution in [0.5, 0.6) is 5.75 Å². The summed E-state index contributed by atoms with van der Waals surface area (Å²) in [6, 6.07) is 1.83. The number of amides is 1. The van der Waals surface area contributed by atoms with Crippen molar-refractivity contribution < 1.29 is 43.6 Å². The first-order valence-corrected chi connectivity index (χ1v) is 12.8. The number of benzene rings is 1. The second kappa shape index (κ2) is 9.10. The summed E-state index contributed by atoms with van der Waals surface area (Å²) in [4.78, 5) is 42.4. The van der Waals surface area contributed by atoms with Gasteiger partial charge in [-0.15, -0.1) is 0 Å². The third-order valence-corrected chi connectivity index (χ3v) is 8.68. The van der Waals surface area contributed by atoms with E-state index in [0.717, 1.165) is 0 Å². The predicted octanol–water partition coefficient (Wildman–Crippen LogP) is 1.20. The third-order valence-electron chi connectivity index (χ3n) is 8.68. The van der Waals surface area contributed by atoms with Gasteiger partial charge in [0.2, 0.25) is 5.78 Å². The molecule has 39 heavy (non-hydrogen) atoms. The summed E-state index contributed by atoms with van der Waals surface area (Å²) in [7, 11) is 3.07. The van der Waals surface area contributed by atoms with E-state index >= 15 is 0 Å². The first-order chi connectivity index (χ1) is 18.2. The Bertz CT molecular complexity index is 1340. The molecular formula is C27H31F2N3O7. The highest BCUT2D eigenvalue weighted by Crippen LogP contribution is 2.53. The molecule has 0 spiro atoms. The van der Waals surface area contributed by atoms with Gasteiger partial charge in [-0.05, 0) is 50.0 Å². The quantitative estimate of drug-likeness (QED) is 0.348. The molecule has 0 bridgehead atoms. The summed E-state index contributed by atoms with van der Waals surface area (Å²) in [5.41, 5.74) is 2.76. The van der Waals surface area contributed by atoms with Crippen LogP contribution < -0.4 is 5.73 Å². The zero-order valence-electron chi connectivity index (χ0n) is 21.6. The van der Waals surface area contributed by atoms with Gasteiger partial charge < -0.3 is 26.2 Å². The lowest BCUT2D eigenvalue weighted by Crippen LogP contribution is -2.65. The largest absolute Gasteiger partial charge is 0.508 e. The summed E-state index contributed by atoms with van der Waals surface area (Å²) >= 11 is 0. The van der Waals surface area contributed by atoms with Gasteiger partial charge in [0.25, 0.3) is 11.8 Å². The third kappa shape index (κ3) is 4.04. The molecule has 1 aliphatic heterocycles. The van der Waals surface area contributed by atoms with Gasteiger partial charge in [0.05, 0.1) is 11.6 Å². The van der Waals surface area contributed by atoms with Crippen LogP contribution in [0.3, 0.4) is 0 Å². The highest BCUT2D eigenvalue weighted by atomic mass is 19.3. The van der Waals surface area contributed by atoms with Crippen molar-refractivity contribution in [3.63, 3.8) is 0 Å². The Morgan fingerprint density at radius 1 is 1.15 bits per heavy atom. The van der Waals surface area contributed by atoms with Gasteiger partial charge in [-0.1, -0.05) is 6.07 Å². The Labute approximate surface area is 223 Å². The number of nitrogens with two attached hydrogens (primary N) is 1. The van der Waals surface area contributed by atoms with E-state index in [-0.39, 0.29) is 55.7 Å². The van der Waals surface area contributed by atoms with Gasteiger partial charge in [-0.3, -0.25) is 24.2 Å². The summed E-state index contributed by atoms with van der Waals surface area (Å²) in [5.74, 6) is -9.79. The van der Waals surface area contributed by atoms with Crippen molar-refractivity contribution in [2.24, 2.45) is 17.6 Å². The molecule has 4 atom stereocenters. The monoisotopic (exact) mass is 547 g/mol. The van der Waals surface area contributed by atoms with Crippen molar-refractivity contribution in [2.45, 2.75) is 49.8 Å². The number of nitrogens with zero attached hydrogens (tertiary/aromatic N) is 2. The molecule has 1 aromatic carbocycles. The second-order valence-corrected chi connectivity index (χ2v) is 11.2. The molecule has 4 aliphatic rings. The fourth-order valence-electron chi connectivity index (χ4n) is 6.74. The highest BCUT2D eigenvalue weighted by Gasteiger charge is 2.64. The normalized spacial score (nSPS) is 30.8. The number of hydrogen-bond acceptors (Lipinski definition) is 9. The van der Waals surface area contributed by atoms with Crippen molar-refractivity contribution >= 4 is 23.2 Å². The molecule has 1 saturated heterocycles. The number of hydrogen-bond donors (Lipinski definition) is 5. The second-order valence-electron chi connectivity index (χ2n) is 11.2. The summed E-state index contributed by atoms with van der Waals surface area (Å²) < 4.78 is 27.3. The van der Waals surface area contributed by atoms with Crippen LogP contribution in [0.15, 0.2) is 29.0 Å². The number of aromatic hydroxyl groups is 1. The smallest absolute Gasteiger partial charge is 0.255 e. The van der Waals surface area contributed by atoms with Gasteiger partial charge >= 0.3 is 0 Å². The van der Waals surface area contributed by atoms with Crippen LogP contribution >= 0.6 is 0 Å². The van der Waals surface area contributed by atoms with Crippen molar-refractivity contribution in [3.8, 4) is 5.75 Å². The lowest BCUT2D eigenvalue weighted by Gasteiger charge is -2.50. The number of carbonyl (C=O) groups is 3. The van der Waals surface area contributed by atoms with Crippen LogP contribution in [0.2, 0.25) is 0 Å². The molecular weight excluding hydrogens is 516 g/mol. The molecule has 1 aromatic rings. The number of phenolic OH excluding ortho intramolecular Hbond substituents is 1. The highest BCUT2D eigenvalue weighted by molar-refractivity contribution is 6.24. The van der Waals surface area contributed by atoms with E-state index in [1.165, 1.54) is 25.1 Å². The number of piperidine rings is 1. The average Bonchev–Trinajstić information content (AvgIpc) is 2.84. The van der Waals surface area contributed by atoms with Crippen molar-refractivity contribution in [1.29, 1.82) is 0 Å². The van der Waals surface area contributed by atoms with Crippen LogP contribution in [-0.2, 0) is 27.3 Å². The number of Topliss-reactive ketones (excluding diaryl/α,β-unsaturated/α-hetero) is 2. The van der Waals surface area contributed by atoms with Crippen molar-refractivity contribution in [2.75, 3.05) is 27.2 Å². The summed E-state index contributed by atoms with van der Waals surface area (Å²) in [6.45, 7) is 0.639. The van der Waals surface area contributed by atoms with E-state index < -0.39 is 64.0 Å². The summed E-state index contributed by atoms with van der Waals surface area (Å²) in [6.07, 6.45) is -0.409. The van der Waals surface area contributed by atoms with E-state index in [1.807, 2.05) is 4.90 Å². The number of likely N-dealkylation sites (tertiary alicyclic amines) is 1. The lowest BCUT2D eigenvalue weighted by atomic mass is 9.57. The molecule has 5 rings (SSSR count). The molecule has 12 heteroatoms. The van der Waals surface area contributed by atoms with Crippen molar-refractivity contribution in [1.82, 2.24) is 9.80 Å². The van der Waals surface area contributed by atoms with Crippen LogP contribution in [-0.4, -0.2) is 92.4 Å². The fraction of sp³-hybridized carbons (Fsp3) is 0.519. The zero-order valence-corrected chi connectivity index (χ0v) is 21.6. The van der Waals surface area contributed by atoms with Crippen LogP contribution in [0, 0.1) is 11.8 Å². The Balaban J connectivity index is 1.60. The molecule has 1 saturated carbocycles. The minimum Gasteiger partial charge on any atom is -0.508 e. The average molecular weight is 548 g/mol. The van der Waals surface area contributed by atoms with E-state index in [2.05, 4.69) is 0 Å². The van der Waals surface area contributed by atoms with Gasteiger partial charge in [0.1, 0.15) is 22.8 Å². The number of likely N-dealkylation sites (N-methyl/N-ethyl adjacent to an activating group) is 1. The number of alkyl halides is 2. The van der Waals surface area contributed by atoms with E-state index in [1.54, 1.807) is 6.07 Å². The molecule has 6 N–H and O–H groups in total. The van der Waals surface area contributed by atoms with Crippen LogP contribution in [0.1, 0.15) is 36.0 Å². The van der Waals surface area contributed by atoms with E-state index in [0.29, 0.717) is 17.7 Å². The molecule has 0 radical (unpaired) electrons. The molecule has 1 heterocycles. The summed E-state index contributed by atoms with van der Waals surface area (Å²) in [5, 5.41) is 44.5. The maximum absolute atomic E-state index is 13.9. The first kappa shape index (κ1) is 27.2. The lowest BCUT2D eigenvalue weighted by molar-refractivity contribution is -0.153. The maximum Gasteiger partial charge on any atom is 0.255 e. The van der Waals surface area contributed by atoms with Crippen molar-refractivity contribution in [3.05, 3.63) is 45.7 Å². The number of halogens is 2. The van der Waals surface area contributed by atoms with Gasteiger partial charge in [-0.2, -0.15) is 0 Å². The molecule has 2 fully saturated rings. The van der Waals surface area contributed by atoms with E-state index in [9.17, 15) is 43.6 Å².